The Bertz CT molecular complexity index is 429. The lowest BCUT2D eigenvalue weighted by molar-refractivity contribution is 0.279. The summed E-state index contributed by atoms with van der Waals surface area (Å²) in [6, 6.07) is 0. The van der Waals surface area contributed by atoms with Crippen molar-refractivity contribution in [3.05, 3.63) is 23.3 Å². The molecule has 98 valence electrons. The first-order valence-corrected chi connectivity index (χ1v) is 7.28. The Morgan fingerprint density at radius 2 is 2.00 bits per heavy atom. The van der Waals surface area contributed by atoms with Gasteiger partial charge in [0.15, 0.2) is 0 Å². The molecule has 1 aromatic heterocycles. The van der Waals surface area contributed by atoms with Gasteiger partial charge < -0.3 is 5.11 Å². The summed E-state index contributed by atoms with van der Waals surface area (Å²) in [7, 11) is 0. The molecule has 0 spiro atoms. The zero-order chi connectivity index (χ0) is 12.5. The van der Waals surface area contributed by atoms with Gasteiger partial charge in [-0.25, -0.2) is 9.97 Å². The van der Waals surface area contributed by atoms with E-state index in [1.807, 2.05) is 6.20 Å². The van der Waals surface area contributed by atoms with E-state index >= 15 is 0 Å². The van der Waals surface area contributed by atoms with Crippen molar-refractivity contribution < 1.29 is 5.11 Å². The number of hydrogen-bond acceptors (Lipinski definition) is 3. The molecule has 0 amide bonds. The molecule has 2 aliphatic carbocycles. The van der Waals surface area contributed by atoms with Crippen LogP contribution in [0.1, 0.15) is 74.4 Å². The van der Waals surface area contributed by atoms with Gasteiger partial charge in [0.25, 0.3) is 0 Å². The molecule has 0 aliphatic heterocycles. The van der Waals surface area contributed by atoms with Gasteiger partial charge in [0.2, 0.25) is 0 Å². The smallest absolute Gasteiger partial charge is 0.131 e. The van der Waals surface area contributed by atoms with Gasteiger partial charge in [0.1, 0.15) is 5.82 Å². The topological polar surface area (TPSA) is 46.0 Å². The Labute approximate surface area is 109 Å². The molecule has 18 heavy (non-hydrogen) atoms. The summed E-state index contributed by atoms with van der Waals surface area (Å²) in [4.78, 5) is 9.29. The summed E-state index contributed by atoms with van der Waals surface area (Å²) < 4.78 is 0. The van der Waals surface area contributed by atoms with Gasteiger partial charge >= 0.3 is 0 Å². The Morgan fingerprint density at radius 3 is 2.61 bits per heavy atom. The SMILES string of the molecule is CCC1CCC(c2ncc(CO)c(C3CC3)n2)C1. The molecule has 1 aromatic rings. The minimum Gasteiger partial charge on any atom is -0.392 e. The Kier molecular flexibility index (Phi) is 3.33. The van der Waals surface area contributed by atoms with Gasteiger partial charge in [0, 0.05) is 23.6 Å². The summed E-state index contributed by atoms with van der Waals surface area (Å²) >= 11 is 0. The fraction of sp³-hybridized carbons (Fsp3) is 0.733. The van der Waals surface area contributed by atoms with E-state index in [-0.39, 0.29) is 6.61 Å². The van der Waals surface area contributed by atoms with Crippen molar-refractivity contribution in [2.45, 2.75) is 63.9 Å². The van der Waals surface area contributed by atoms with Crippen LogP contribution in [0.4, 0.5) is 0 Å². The number of hydrogen-bond donors (Lipinski definition) is 1. The maximum Gasteiger partial charge on any atom is 0.131 e. The van der Waals surface area contributed by atoms with E-state index in [4.69, 9.17) is 4.98 Å². The van der Waals surface area contributed by atoms with Crippen molar-refractivity contribution in [3.8, 4) is 0 Å². The maximum atomic E-state index is 9.35. The molecule has 0 saturated heterocycles. The molecule has 1 heterocycles. The summed E-state index contributed by atoms with van der Waals surface area (Å²) in [5, 5.41) is 9.35. The average Bonchev–Trinajstić information content (AvgIpc) is 3.15. The third kappa shape index (κ3) is 2.28. The van der Waals surface area contributed by atoms with Crippen molar-refractivity contribution in [2.75, 3.05) is 0 Å². The molecule has 2 aliphatic rings. The lowest BCUT2D eigenvalue weighted by Gasteiger charge is -2.12. The van der Waals surface area contributed by atoms with Crippen molar-refractivity contribution in [1.82, 2.24) is 9.97 Å². The molecule has 2 atom stereocenters. The van der Waals surface area contributed by atoms with Crippen LogP contribution in [-0.2, 0) is 6.61 Å². The highest BCUT2D eigenvalue weighted by atomic mass is 16.3. The highest BCUT2D eigenvalue weighted by molar-refractivity contribution is 5.25. The first-order valence-electron chi connectivity index (χ1n) is 7.28. The monoisotopic (exact) mass is 246 g/mol. The van der Waals surface area contributed by atoms with Crippen LogP contribution >= 0.6 is 0 Å². The molecular formula is C15H22N2O. The van der Waals surface area contributed by atoms with E-state index in [2.05, 4.69) is 11.9 Å². The fourth-order valence-corrected chi connectivity index (χ4v) is 3.14. The number of aliphatic hydroxyl groups is 1. The molecule has 3 nitrogen and oxygen atoms in total. The minimum absolute atomic E-state index is 0.0777. The number of rotatable bonds is 4. The summed E-state index contributed by atoms with van der Waals surface area (Å²) in [5.41, 5.74) is 2.06. The molecule has 0 aromatic carbocycles. The van der Waals surface area contributed by atoms with E-state index in [1.165, 1.54) is 38.5 Å². The van der Waals surface area contributed by atoms with Crippen LogP contribution in [-0.4, -0.2) is 15.1 Å². The van der Waals surface area contributed by atoms with Gasteiger partial charge in [-0.3, -0.25) is 0 Å². The molecule has 1 N–H and O–H groups in total. The molecule has 3 rings (SSSR count). The second-order valence-corrected chi connectivity index (χ2v) is 5.86. The van der Waals surface area contributed by atoms with E-state index in [0.29, 0.717) is 11.8 Å². The first-order chi connectivity index (χ1) is 8.81. The Hall–Kier alpha value is -0.960. The second-order valence-electron chi connectivity index (χ2n) is 5.86. The van der Waals surface area contributed by atoms with Gasteiger partial charge in [-0.15, -0.1) is 0 Å². The summed E-state index contributed by atoms with van der Waals surface area (Å²) in [6.45, 7) is 2.35. The normalized spacial score (nSPS) is 27.7. The molecule has 2 saturated carbocycles. The largest absolute Gasteiger partial charge is 0.392 e. The molecule has 3 heteroatoms. The lowest BCUT2D eigenvalue weighted by Crippen LogP contribution is -2.07. The van der Waals surface area contributed by atoms with E-state index < -0.39 is 0 Å². The van der Waals surface area contributed by atoms with Crippen LogP contribution in [0.25, 0.3) is 0 Å². The van der Waals surface area contributed by atoms with Crippen molar-refractivity contribution >= 4 is 0 Å². The Balaban J connectivity index is 1.82. The maximum absolute atomic E-state index is 9.35. The van der Waals surface area contributed by atoms with Crippen molar-refractivity contribution in [3.63, 3.8) is 0 Å². The lowest BCUT2D eigenvalue weighted by atomic mass is 10.0. The number of nitrogens with zero attached hydrogens (tertiary/aromatic N) is 2. The Morgan fingerprint density at radius 1 is 1.22 bits per heavy atom. The van der Waals surface area contributed by atoms with Gasteiger partial charge in [0.05, 0.1) is 12.3 Å². The van der Waals surface area contributed by atoms with Gasteiger partial charge in [-0.1, -0.05) is 13.3 Å². The molecular weight excluding hydrogens is 224 g/mol. The van der Waals surface area contributed by atoms with E-state index in [1.54, 1.807) is 0 Å². The highest BCUT2D eigenvalue weighted by Crippen LogP contribution is 2.42. The predicted octanol–water partition coefficient (Wildman–Crippen LogP) is 3.14. The number of aliphatic hydroxyl groups excluding tert-OH is 1. The fourth-order valence-electron chi connectivity index (χ4n) is 3.14. The highest BCUT2D eigenvalue weighted by Gasteiger charge is 2.31. The van der Waals surface area contributed by atoms with Crippen LogP contribution in [0, 0.1) is 5.92 Å². The summed E-state index contributed by atoms with van der Waals surface area (Å²) in [5.74, 6) is 3.04. The van der Waals surface area contributed by atoms with Gasteiger partial charge in [-0.2, -0.15) is 0 Å². The van der Waals surface area contributed by atoms with Gasteiger partial charge in [-0.05, 0) is 38.0 Å². The zero-order valence-corrected chi connectivity index (χ0v) is 11.1. The van der Waals surface area contributed by atoms with E-state index in [0.717, 1.165) is 23.0 Å². The van der Waals surface area contributed by atoms with Crippen LogP contribution in [0.2, 0.25) is 0 Å². The molecule has 2 unspecified atom stereocenters. The van der Waals surface area contributed by atoms with Crippen LogP contribution in [0.5, 0.6) is 0 Å². The molecule has 0 radical (unpaired) electrons. The third-order valence-corrected chi connectivity index (χ3v) is 4.53. The van der Waals surface area contributed by atoms with Crippen LogP contribution in [0.3, 0.4) is 0 Å². The zero-order valence-electron chi connectivity index (χ0n) is 11.1. The van der Waals surface area contributed by atoms with Crippen LogP contribution in [0.15, 0.2) is 6.20 Å². The van der Waals surface area contributed by atoms with Crippen molar-refractivity contribution in [1.29, 1.82) is 0 Å². The number of aromatic nitrogens is 2. The standard InChI is InChI=1S/C15H22N2O/c1-2-10-3-4-12(7-10)15-16-8-13(9-18)14(17-15)11-5-6-11/h8,10-12,18H,2-7,9H2,1H3. The molecule has 0 bridgehead atoms. The minimum atomic E-state index is 0.0777. The first kappa shape index (κ1) is 12.1. The van der Waals surface area contributed by atoms with Crippen LogP contribution < -0.4 is 0 Å². The molecule has 2 fully saturated rings. The average molecular weight is 246 g/mol. The summed E-state index contributed by atoms with van der Waals surface area (Å²) in [6.07, 6.45) is 9.40. The second kappa shape index (κ2) is 4.96. The third-order valence-electron chi connectivity index (χ3n) is 4.53. The quantitative estimate of drug-likeness (QED) is 0.887. The van der Waals surface area contributed by atoms with E-state index in [9.17, 15) is 5.11 Å². The predicted molar refractivity (Wildman–Crippen MR) is 70.3 cm³/mol. The van der Waals surface area contributed by atoms with Crippen molar-refractivity contribution in [2.24, 2.45) is 5.92 Å².